The first-order chi connectivity index (χ1) is 25.1. The van der Waals surface area contributed by atoms with Crippen molar-refractivity contribution in [3.63, 3.8) is 0 Å². The molecule has 1 aliphatic rings. The van der Waals surface area contributed by atoms with Gasteiger partial charge >= 0.3 is 5.97 Å². The molecule has 0 aromatic carbocycles. The van der Waals surface area contributed by atoms with Crippen LogP contribution in [0.2, 0.25) is 0 Å². The zero-order valence-corrected chi connectivity index (χ0v) is 36.0. The second-order valence-corrected chi connectivity index (χ2v) is 16.5. The van der Waals surface area contributed by atoms with Gasteiger partial charge in [0, 0.05) is 25.6 Å². The van der Waals surface area contributed by atoms with E-state index < -0.39 is 0 Å². The van der Waals surface area contributed by atoms with Crippen LogP contribution in [-0.4, -0.2) is 93.0 Å². The van der Waals surface area contributed by atoms with E-state index in [4.69, 9.17) is 19.5 Å². The minimum Gasteiger partial charge on any atom is -0.461 e. The summed E-state index contributed by atoms with van der Waals surface area (Å²) in [5, 5.41) is 8.39. The SMILES string of the molecule is C.C=O.CCCCCCCCC(CCCCCCCC)OCC(C)(C)CCCCCCOO.CCCCCCN1C[C@@H](OC(=O)CCN(C)C)C[C@H]1C. The van der Waals surface area contributed by atoms with E-state index in [1.807, 2.05) is 25.8 Å². The molecule has 1 saturated heterocycles. The highest BCUT2D eigenvalue weighted by molar-refractivity contribution is 5.69. The lowest BCUT2D eigenvalue weighted by atomic mass is 9.87. The lowest BCUT2D eigenvalue weighted by Crippen LogP contribution is -2.29. The van der Waals surface area contributed by atoms with Crippen LogP contribution in [0.5, 0.6) is 0 Å². The van der Waals surface area contributed by atoms with Gasteiger partial charge in [-0.25, -0.2) is 4.89 Å². The first-order valence-corrected chi connectivity index (χ1v) is 21.8. The van der Waals surface area contributed by atoms with Crippen LogP contribution in [0.1, 0.15) is 209 Å². The molecule has 8 heteroatoms. The van der Waals surface area contributed by atoms with Gasteiger partial charge in [-0.3, -0.25) is 15.0 Å². The van der Waals surface area contributed by atoms with Crippen molar-refractivity contribution in [3.8, 4) is 0 Å². The Bertz CT molecular complexity index is 736. The van der Waals surface area contributed by atoms with Crippen molar-refractivity contribution >= 4 is 12.8 Å². The molecule has 1 fully saturated rings. The Balaban J connectivity index is -0.000000943. The van der Waals surface area contributed by atoms with E-state index in [2.05, 4.69) is 51.3 Å². The molecule has 320 valence electrons. The summed E-state index contributed by atoms with van der Waals surface area (Å²) in [6.45, 7) is 20.0. The van der Waals surface area contributed by atoms with Crippen LogP contribution >= 0.6 is 0 Å². The highest BCUT2D eigenvalue weighted by Crippen LogP contribution is 2.27. The van der Waals surface area contributed by atoms with Gasteiger partial charge < -0.3 is 19.2 Å². The first kappa shape index (κ1) is 56.3. The molecule has 0 aliphatic carbocycles. The standard InChI is InChI=1S/C27H56O3.C16H32N2O2.CH2O.CH4/c1-5-7-9-11-13-17-21-26(22-18-14-12-10-8-6-2)29-25-27(3,4)23-19-15-16-20-24-30-28;1-5-6-7-8-10-18-13-15(12-14(18)2)20-16(19)9-11-17(3)4;1-2;/h26,28H,5-25H2,1-4H3;14-15H,5-13H2,1-4H3;1H2;1H4/t;14-,15+;;/m.1../s1. The van der Waals surface area contributed by atoms with E-state index in [0.29, 0.717) is 25.2 Å². The summed E-state index contributed by atoms with van der Waals surface area (Å²) in [5.74, 6) is -0.0521. The molecule has 1 rings (SSSR count). The maximum Gasteiger partial charge on any atom is 0.307 e. The number of hydrogen-bond donors (Lipinski definition) is 1. The normalized spacial score (nSPS) is 15.8. The van der Waals surface area contributed by atoms with Crippen LogP contribution < -0.4 is 0 Å². The lowest BCUT2D eigenvalue weighted by molar-refractivity contribution is -0.242. The number of rotatable bonds is 33. The Hall–Kier alpha value is -1.06. The summed E-state index contributed by atoms with van der Waals surface area (Å²) < 4.78 is 12.1. The quantitative estimate of drug-likeness (QED) is 0.0306. The number of unbranched alkanes of at least 4 members (excludes halogenated alkanes) is 16. The van der Waals surface area contributed by atoms with Crippen LogP contribution in [0.3, 0.4) is 0 Å². The van der Waals surface area contributed by atoms with Gasteiger partial charge in [0.15, 0.2) is 0 Å². The minimum absolute atomic E-state index is 0. The molecule has 8 nitrogen and oxygen atoms in total. The summed E-state index contributed by atoms with van der Waals surface area (Å²) in [6.07, 6.45) is 31.9. The molecular weight excluding hydrogens is 665 g/mol. The van der Waals surface area contributed by atoms with Crippen molar-refractivity contribution in [3.05, 3.63) is 0 Å². The minimum atomic E-state index is -0.0521. The molecule has 0 aromatic heterocycles. The third-order valence-corrected chi connectivity index (χ3v) is 10.3. The maximum absolute atomic E-state index is 11.7. The Kier molecular flexibility index (Phi) is 43.1. The molecule has 2 atom stereocenters. The molecule has 0 amide bonds. The summed E-state index contributed by atoms with van der Waals surface area (Å²) >= 11 is 0. The van der Waals surface area contributed by atoms with Crippen LogP contribution in [0.4, 0.5) is 0 Å². The summed E-state index contributed by atoms with van der Waals surface area (Å²) in [6, 6.07) is 0.545. The van der Waals surface area contributed by atoms with E-state index in [1.54, 1.807) is 0 Å². The van der Waals surface area contributed by atoms with E-state index in [9.17, 15) is 4.79 Å². The molecular formula is C45H94N2O6. The highest BCUT2D eigenvalue weighted by Gasteiger charge is 2.31. The summed E-state index contributed by atoms with van der Waals surface area (Å²) in [5.41, 5.74) is 0.258. The van der Waals surface area contributed by atoms with Gasteiger partial charge in [0.25, 0.3) is 0 Å². The van der Waals surface area contributed by atoms with Gasteiger partial charge in [-0.15, -0.1) is 0 Å². The summed E-state index contributed by atoms with van der Waals surface area (Å²) in [7, 11) is 3.95. The van der Waals surface area contributed by atoms with Crippen LogP contribution in [0.25, 0.3) is 0 Å². The zero-order chi connectivity index (χ0) is 39.3. The van der Waals surface area contributed by atoms with E-state index >= 15 is 0 Å². The molecule has 0 radical (unpaired) electrons. The van der Waals surface area contributed by atoms with Crippen molar-refractivity contribution < 1.29 is 29.2 Å². The Labute approximate surface area is 331 Å². The molecule has 0 saturated carbocycles. The molecule has 53 heavy (non-hydrogen) atoms. The fourth-order valence-electron chi connectivity index (χ4n) is 6.90. The fourth-order valence-corrected chi connectivity index (χ4v) is 6.90. The molecule has 0 bridgehead atoms. The number of esters is 1. The second-order valence-electron chi connectivity index (χ2n) is 16.5. The Morgan fingerprint density at radius 2 is 1.28 bits per heavy atom. The van der Waals surface area contributed by atoms with Crippen LogP contribution in [0.15, 0.2) is 0 Å². The fraction of sp³-hybridized carbons (Fsp3) is 0.956. The topological polar surface area (TPSA) is 88.5 Å². The predicted molar refractivity (Wildman–Crippen MR) is 228 cm³/mol. The average Bonchev–Trinajstić information content (AvgIpc) is 3.47. The van der Waals surface area contributed by atoms with Gasteiger partial charge in [0.1, 0.15) is 12.9 Å². The van der Waals surface area contributed by atoms with Gasteiger partial charge in [-0.1, -0.05) is 158 Å². The van der Waals surface area contributed by atoms with E-state index in [-0.39, 0.29) is 24.9 Å². The average molecular weight is 759 g/mol. The third kappa shape index (κ3) is 37.6. The van der Waals surface area contributed by atoms with Gasteiger partial charge in [0.2, 0.25) is 0 Å². The predicted octanol–water partition coefficient (Wildman–Crippen LogP) is 12.3. The highest BCUT2D eigenvalue weighted by atomic mass is 17.1. The van der Waals surface area contributed by atoms with Crippen molar-refractivity contribution in [1.82, 2.24) is 9.80 Å². The van der Waals surface area contributed by atoms with Crippen molar-refractivity contribution in [1.29, 1.82) is 0 Å². The molecule has 0 unspecified atom stereocenters. The van der Waals surface area contributed by atoms with Crippen molar-refractivity contribution in [2.45, 2.75) is 228 Å². The third-order valence-electron chi connectivity index (χ3n) is 10.3. The van der Waals surface area contributed by atoms with Crippen LogP contribution in [-0.2, 0) is 24.0 Å². The first-order valence-electron chi connectivity index (χ1n) is 21.8. The molecule has 1 aliphatic heterocycles. The largest absolute Gasteiger partial charge is 0.461 e. The van der Waals surface area contributed by atoms with Gasteiger partial charge in [-0.05, 0) is 65.1 Å². The van der Waals surface area contributed by atoms with Gasteiger partial charge in [-0.2, -0.15) is 0 Å². The number of hydrogen-bond acceptors (Lipinski definition) is 8. The van der Waals surface area contributed by atoms with E-state index in [0.717, 1.165) is 45.5 Å². The Morgan fingerprint density at radius 3 is 1.81 bits per heavy atom. The van der Waals surface area contributed by atoms with Gasteiger partial charge in [0.05, 0.1) is 25.7 Å². The number of likely N-dealkylation sites (tertiary alicyclic amines) is 1. The van der Waals surface area contributed by atoms with Crippen molar-refractivity contribution in [2.75, 3.05) is 46.9 Å². The summed E-state index contributed by atoms with van der Waals surface area (Å²) in [4.78, 5) is 28.4. The molecule has 0 spiro atoms. The maximum atomic E-state index is 11.7. The number of carbonyl (C=O) groups excluding carboxylic acids is 2. The molecule has 1 heterocycles. The smallest absolute Gasteiger partial charge is 0.307 e. The van der Waals surface area contributed by atoms with E-state index in [1.165, 1.54) is 135 Å². The number of nitrogens with zero attached hydrogens (tertiary/aromatic N) is 2. The Morgan fingerprint density at radius 1 is 0.792 bits per heavy atom. The number of carbonyl (C=O) groups is 2. The monoisotopic (exact) mass is 759 g/mol. The lowest BCUT2D eigenvalue weighted by Gasteiger charge is -2.28. The number of ether oxygens (including phenoxy) is 2. The molecule has 1 N–H and O–H groups in total. The second kappa shape index (κ2) is 40.6. The van der Waals surface area contributed by atoms with Crippen molar-refractivity contribution in [2.24, 2.45) is 5.41 Å². The van der Waals surface area contributed by atoms with Crippen LogP contribution in [0, 0.1) is 5.41 Å². The molecule has 0 aromatic rings. The zero-order valence-electron chi connectivity index (χ0n) is 36.0.